The van der Waals surface area contributed by atoms with Gasteiger partial charge < -0.3 is 15.2 Å². The maximum atomic E-state index is 8.66. The standard InChI is InChI=1S/C14H23NO2/c1-12-5-6-14(17-2)13(11-12)7-9-15-8-3-4-10-16/h5-6,11,15-16H,3-4,7-10H2,1-2H3. The minimum atomic E-state index is 0.285. The van der Waals surface area contributed by atoms with Gasteiger partial charge in [0, 0.05) is 6.61 Å². The van der Waals surface area contributed by atoms with Crippen LogP contribution in [-0.2, 0) is 6.42 Å². The topological polar surface area (TPSA) is 41.5 Å². The van der Waals surface area contributed by atoms with Crippen LogP contribution in [0.2, 0.25) is 0 Å². The zero-order valence-corrected chi connectivity index (χ0v) is 10.8. The van der Waals surface area contributed by atoms with Crippen LogP contribution < -0.4 is 10.1 Å². The number of aliphatic hydroxyl groups is 1. The predicted molar refractivity (Wildman–Crippen MR) is 70.6 cm³/mol. The average molecular weight is 237 g/mol. The van der Waals surface area contributed by atoms with Crippen molar-refractivity contribution in [2.45, 2.75) is 26.2 Å². The molecule has 0 aromatic heterocycles. The molecule has 3 nitrogen and oxygen atoms in total. The lowest BCUT2D eigenvalue weighted by Crippen LogP contribution is -2.19. The van der Waals surface area contributed by atoms with Crippen LogP contribution in [0.1, 0.15) is 24.0 Å². The number of aryl methyl sites for hydroxylation is 1. The molecule has 0 radical (unpaired) electrons. The van der Waals surface area contributed by atoms with Crippen LogP contribution in [0.5, 0.6) is 5.75 Å². The number of rotatable bonds is 8. The van der Waals surface area contributed by atoms with E-state index in [-0.39, 0.29) is 6.61 Å². The highest BCUT2D eigenvalue weighted by atomic mass is 16.5. The van der Waals surface area contributed by atoms with Crippen LogP contribution in [0.4, 0.5) is 0 Å². The summed E-state index contributed by atoms with van der Waals surface area (Å²) in [4.78, 5) is 0. The Morgan fingerprint density at radius 1 is 1.24 bits per heavy atom. The molecule has 0 atom stereocenters. The first kappa shape index (κ1) is 14.0. The van der Waals surface area contributed by atoms with Crippen molar-refractivity contribution in [3.63, 3.8) is 0 Å². The third kappa shape index (κ3) is 5.20. The van der Waals surface area contributed by atoms with Crippen LogP contribution in [0.15, 0.2) is 18.2 Å². The van der Waals surface area contributed by atoms with Gasteiger partial charge in [-0.3, -0.25) is 0 Å². The van der Waals surface area contributed by atoms with Gasteiger partial charge in [-0.1, -0.05) is 17.7 Å². The highest BCUT2D eigenvalue weighted by Gasteiger charge is 2.02. The molecule has 0 saturated carbocycles. The number of methoxy groups -OCH3 is 1. The molecule has 0 amide bonds. The Morgan fingerprint density at radius 3 is 2.76 bits per heavy atom. The fraction of sp³-hybridized carbons (Fsp3) is 0.571. The fourth-order valence-electron chi connectivity index (χ4n) is 1.81. The zero-order valence-electron chi connectivity index (χ0n) is 10.8. The Kier molecular flexibility index (Phi) is 6.67. The van der Waals surface area contributed by atoms with Crippen LogP contribution in [0, 0.1) is 6.92 Å². The van der Waals surface area contributed by atoms with Crippen LogP contribution in [0.25, 0.3) is 0 Å². The number of hydrogen-bond donors (Lipinski definition) is 2. The monoisotopic (exact) mass is 237 g/mol. The van der Waals surface area contributed by atoms with E-state index in [0.29, 0.717) is 0 Å². The minimum absolute atomic E-state index is 0.285. The first-order valence-corrected chi connectivity index (χ1v) is 6.23. The molecule has 1 aromatic carbocycles. The van der Waals surface area contributed by atoms with E-state index >= 15 is 0 Å². The zero-order chi connectivity index (χ0) is 12.5. The normalized spacial score (nSPS) is 10.5. The van der Waals surface area contributed by atoms with E-state index in [1.54, 1.807) is 7.11 Å². The van der Waals surface area contributed by atoms with Crippen molar-refractivity contribution in [2.24, 2.45) is 0 Å². The minimum Gasteiger partial charge on any atom is -0.496 e. The summed E-state index contributed by atoms with van der Waals surface area (Å²) in [5, 5.41) is 12.0. The number of unbranched alkanes of at least 4 members (excludes halogenated alkanes) is 1. The molecular formula is C14H23NO2. The number of benzene rings is 1. The van der Waals surface area contributed by atoms with E-state index in [1.165, 1.54) is 11.1 Å². The first-order valence-electron chi connectivity index (χ1n) is 6.23. The molecule has 0 aliphatic carbocycles. The van der Waals surface area contributed by atoms with E-state index in [2.05, 4.69) is 24.4 Å². The molecule has 0 saturated heterocycles. The highest BCUT2D eigenvalue weighted by molar-refractivity contribution is 5.37. The summed E-state index contributed by atoms with van der Waals surface area (Å²) in [6.45, 7) is 4.30. The van der Waals surface area contributed by atoms with Crippen LogP contribution in [-0.4, -0.2) is 31.9 Å². The van der Waals surface area contributed by atoms with Crippen molar-refractivity contribution >= 4 is 0 Å². The Labute approximate surface area is 104 Å². The van der Waals surface area contributed by atoms with Crippen molar-refractivity contribution in [3.05, 3.63) is 29.3 Å². The van der Waals surface area contributed by atoms with Crippen molar-refractivity contribution in [3.8, 4) is 5.75 Å². The maximum Gasteiger partial charge on any atom is 0.122 e. The van der Waals surface area contributed by atoms with E-state index < -0.39 is 0 Å². The molecule has 0 aliphatic rings. The van der Waals surface area contributed by atoms with E-state index in [4.69, 9.17) is 9.84 Å². The van der Waals surface area contributed by atoms with E-state index in [9.17, 15) is 0 Å². The molecule has 0 fully saturated rings. The fourth-order valence-corrected chi connectivity index (χ4v) is 1.81. The number of nitrogens with one attached hydrogen (secondary N) is 1. The average Bonchev–Trinajstić information content (AvgIpc) is 2.34. The summed E-state index contributed by atoms with van der Waals surface area (Å²) >= 11 is 0. The van der Waals surface area contributed by atoms with Gasteiger partial charge in [-0.05, 0) is 50.9 Å². The molecule has 0 bridgehead atoms. The van der Waals surface area contributed by atoms with Crippen molar-refractivity contribution in [2.75, 3.05) is 26.8 Å². The predicted octanol–water partition coefficient (Wildman–Crippen LogP) is 1.91. The molecule has 0 aliphatic heterocycles. The van der Waals surface area contributed by atoms with E-state index in [1.807, 2.05) is 6.07 Å². The number of hydrogen-bond acceptors (Lipinski definition) is 3. The van der Waals surface area contributed by atoms with Gasteiger partial charge in [-0.25, -0.2) is 0 Å². The van der Waals surface area contributed by atoms with Gasteiger partial charge in [-0.15, -0.1) is 0 Å². The van der Waals surface area contributed by atoms with Gasteiger partial charge in [0.1, 0.15) is 5.75 Å². The summed E-state index contributed by atoms with van der Waals surface area (Å²) in [6.07, 6.45) is 2.88. The lowest BCUT2D eigenvalue weighted by atomic mass is 10.1. The Morgan fingerprint density at radius 2 is 2.06 bits per heavy atom. The highest BCUT2D eigenvalue weighted by Crippen LogP contribution is 2.19. The summed E-state index contributed by atoms with van der Waals surface area (Å²) in [7, 11) is 1.71. The largest absolute Gasteiger partial charge is 0.496 e. The number of aliphatic hydroxyl groups excluding tert-OH is 1. The summed E-state index contributed by atoms with van der Waals surface area (Å²) < 4.78 is 5.34. The maximum absolute atomic E-state index is 8.66. The van der Waals surface area contributed by atoms with Crippen LogP contribution >= 0.6 is 0 Å². The smallest absolute Gasteiger partial charge is 0.122 e. The molecule has 3 heteroatoms. The molecule has 1 rings (SSSR count). The SMILES string of the molecule is COc1ccc(C)cc1CCNCCCCO. The van der Waals surface area contributed by atoms with Gasteiger partial charge in [0.2, 0.25) is 0 Å². The second-order valence-electron chi connectivity index (χ2n) is 4.25. The van der Waals surface area contributed by atoms with E-state index in [0.717, 1.165) is 38.1 Å². The molecule has 0 heterocycles. The molecule has 1 aromatic rings. The molecule has 17 heavy (non-hydrogen) atoms. The molecule has 96 valence electrons. The summed E-state index contributed by atoms with van der Waals surface area (Å²) in [5.41, 5.74) is 2.52. The first-order chi connectivity index (χ1) is 8.27. The second kappa shape index (κ2) is 8.09. The lowest BCUT2D eigenvalue weighted by Gasteiger charge is -2.10. The van der Waals surface area contributed by atoms with Gasteiger partial charge in [0.05, 0.1) is 7.11 Å². The Balaban J connectivity index is 2.32. The van der Waals surface area contributed by atoms with Gasteiger partial charge >= 0.3 is 0 Å². The van der Waals surface area contributed by atoms with Crippen LogP contribution in [0.3, 0.4) is 0 Å². The third-order valence-corrected chi connectivity index (χ3v) is 2.77. The molecule has 0 spiro atoms. The van der Waals surface area contributed by atoms with Crippen molar-refractivity contribution < 1.29 is 9.84 Å². The Bertz CT molecular complexity index is 326. The Hall–Kier alpha value is -1.06. The molecule has 0 unspecified atom stereocenters. The quantitative estimate of drug-likeness (QED) is 0.679. The second-order valence-corrected chi connectivity index (χ2v) is 4.25. The van der Waals surface area contributed by atoms with Crippen molar-refractivity contribution in [1.29, 1.82) is 0 Å². The molecule has 2 N–H and O–H groups in total. The van der Waals surface area contributed by atoms with Crippen molar-refractivity contribution in [1.82, 2.24) is 5.32 Å². The van der Waals surface area contributed by atoms with Gasteiger partial charge in [0.25, 0.3) is 0 Å². The molecular weight excluding hydrogens is 214 g/mol. The number of ether oxygens (including phenoxy) is 1. The lowest BCUT2D eigenvalue weighted by molar-refractivity contribution is 0.284. The van der Waals surface area contributed by atoms with Gasteiger partial charge in [0.15, 0.2) is 0 Å². The summed E-state index contributed by atoms with van der Waals surface area (Å²) in [6, 6.07) is 6.27. The van der Waals surface area contributed by atoms with Gasteiger partial charge in [-0.2, -0.15) is 0 Å². The summed E-state index contributed by atoms with van der Waals surface area (Å²) in [5.74, 6) is 0.966. The third-order valence-electron chi connectivity index (χ3n) is 2.77.